The van der Waals surface area contributed by atoms with Gasteiger partial charge in [0.15, 0.2) is 0 Å². The topological polar surface area (TPSA) is 26.3 Å². The predicted molar refractivity (Wildman–Crippen MR) is 66.7 cm³/mol. The van der Waals surface area contributed by atoms with Crippen LogP contribution in [0.1, 0.15) is 21.5 Å². The Labute approximate surface area is 101 Å². The molecule has 0 aliphatic heterocycles. The monoisotopic (exact) mass is 226 g/mol. The maximum absolute atomic E-state index is 11.7. The van der Waals surface area contributed by atoms with E-state index in [0.717, 1.165) is 11.1 Å². The Kier molecular flexibility index (Phi) is 3.55. The second-order valence-electron chi connectivity index (χ2n) is 3.93. The first-order valence-electron chi connectivity index (χ1n) is 5.53. The van der Waals surface area contributed by atoms with E-state index in [4.69, 9.17) is 4.74 Å². The maximum atomic E-state index is 11.7. The number of carbonyl (C=O) groups is 1. The third-order valence-electron chi connectivity index (χ3n) is 2.47. The van der Waals surface area contributed by atoms with E-state index in [1.54, 1.807) is 6.07 Å². The van der Waals surface area contributed by atoms with Gasteiger partial charge in [-0.05, 0) is 24.6 Å². The van der Waals surface area contributed by atoms with Gasteiger partial charge >= 0.3 is 5.97 Å². The van der Waals surface area contributed by atoms with Crippen molar-refractivity contribution in [1.82, 2.24) is 0 Å². The van der Waals surface area contributed by atoms with Gasteiger partial charge < -0.3 is 4.74 Å². The van der Waals surface area contributed by atoms with E-state index >= 15 is 0 Å². The molecule has 0 aromatic heterocycles. The minimum absolute atomic E-state index is 0.280. The molecule has 17 heavy (non-hydrogen) atoms. The molecule has 0 heterocycles. The molecule has 2 heteroatoms. The summed E-state index contributed by atoms with van der Waals surface area (Å²) >= 11 is 0. The Bertz CT molecular complexity index is 503. The summed E-state index contributed by atoms with van der Waals surface area (Å²) in [5, 5.41) is 0. The first-order chi connectivity index (χ1) is 8.25. The van der Waals surface area contributed by atoms with Crippen molar-refractivity contribution in [3.05, 3.63) is 71.3 Å². The fourth-order valence-corrected chi connectivity index (χ4v) is 1.58. The van der Waals surface area contributed by atoms with Crippen LogP contribution in [0.25, 0.3) is 0 Å². The van der Waals surface area contributed by atoms with Crippen molar-refractivity contribution < 1.29 is 9.53 Å². The van der Waals surface area contributed by atoms with Crippen LogP contribution in [0.15, 0.2) is 54.6 Å². The van der Waals surface area contributed by atoms with Gasteiger partial charge in [-0.2, -0.15) is 0 Å². The molecule has 86 valence electrons. The van der Waals surface area contributed by atoms with E-state index < -0.39 is 0 Å². The zero-order chi connectivity index (χ0) is 12.1. The van der Waals surface area contributed by atoms with Crippen LogP contribution in [0.4, 0.5) is 0 Å². The van der Waals surface area contributed by atoms with E-state index in [-0.39, 0.29) is 5.97 Å². The fourth-order valence-electron chi connectivity index (χ4n) is 1.58. The number of rotatable bonds is 3. The lowest BCUT2D eigenvalue weighted by atomic mass is 10.1. The van der Waals surface area contributed by atoms with Crippen LogP contribution in [0.5, 0.6) is 0 Å². The Morgan fingerprint density at radius 2 is 1.82 bits per heavy atom. The molecule has 2 aromatic rings. The first kappa shape index (κ1) is 11.4. The smallest absolute Gasteiger partial charge is 0.338 e. The number of ether oxygens (including phenoxy) is 1. The largest absolute Gasteiger partial charge is 0.457 e. The van der Waals surface area contributed by atoms with Crippen molar-refractivity contribution in [2.75, 3.05) is 0 Å². The summed E-state index contributed by atoms with van der Waals surface area (Å²) in [4.78, 5) is 11.7. The van der Waals surface area contributed by atoms with Crippen molar-refractivity contribution in [3.63, 3.8) is 0 Å². The van der Waals surface area contributed by atoms with Crippen LogP contribution in [0, 0.1) is 6.92 Å². The van der Waals surface area contributed by atoms with Crippen molar-refractivity contribution in [1.29, 1.82) is 0 Å². The lowest BCUT2D eigenvalue weighted by molar-refractivity contribution is 0.0472. The molecule has 0 atom stereocenters. The third-order valence-corrected chi connectivity index (χ3v) is 2.47. The molecule has 0 aliphatic carbocycles. The van der Waals surface area contributed by atoms with Crippen LogP contribution < -0.4 is 0 Å². The lowest BCUT2D eigenvalue weighted by Gasteiger charge is -2.05. The normalized spacial score (nSPS) is 9.94. The van der Waals surface area contributed by atoms with Crippen LogP contribution in [0.3, 0.4) is 0 Å². The molecule has 2 rings (SSSR count). The van der Waals surface area contributed by atoms with E-state index in [0.29, 0.717) is 12.2 Å². The molecule has 2 nitrogen and oxygen atoms in total. The number of hydrogen-bond donors (Lipinski definition) is 0. The highest BCUT2D eigenvalue weighted by Crippen LogP contribution is 2.08. The van der Waals surface area contributed by atoms with Crippen molar-refractivity contribution in [2.24, 2.45) is 0 Å². The Morgan fingerprint density at radius 1 is 1.06 bits per heavy atom. The molecule has 0 bridgehead atoms. The minimum atomic E-state index is -0.280. The van der Waals surface area contributed by atoms with Gasteiger partial charge in [0.25, 0.3) is 0 Å². The van der Waals surface area contributed by atoms with Crippen molar-refractivity contribution in [2.45, 2.75) is 13.5 Å². The summed E-state index contributed by atoms with van der Waals surface area (Å²) in [6.07, 6.45) is 0. The van der Waals surface area contributed by atoms with Gasteiger partial charge in [0, 0.05) is 0 Å². The van der Waals surface area contributed by atoms with Gasteiger partial charge in [-0.25, -0.2) is 4.79 Å². The van der Waals surface area contributed by atoms with Gasteiger partial charge in [0.05, 0.1) is 5.56 Å². The molecule has 0 radical (unpaired) electrons. The highest BCUT2D eigenvalue weighted by atomic mass is 16.5. The van der Waals surface area contributed by atoms with E-state index in [9.17, 15) is 4.79 Å². The molecule has 0 aliphatic rings. The third kappa shape index (κ3) is 3.18. The molecule has 0 saturated heterocycles. The fraction of sp³-hybridized carbons (Fsp3) is 0.133. The number of carbonyl (C=O) groups excluding carboxylic acids is 1. The average Bonchev–Trinajstić information content (AvgIpc) is 2.37. The second-order valence-corrected chi connectivity index (χ2v) is 3.93. The molecule has 0 saturated carbocycles. The van der Waals surface area contributed by atoms with Gasteiger partial charge in [0.1, 0.15) is 6.61 Å². The van der Waals surface area contributed by atoms with Crippen LogP contribution >= 0.6 is 0 Å². The maximum Gasteiger partial charge on any atom is 0.338 e. The summed E-state index contributed by atoms with van der Waals surface area (Å²) in [6.45, 7) is 2.27. The summed E-state index contributed by atoms with van der Waals surface area (Å²) < 4.78 is 5.23. The van der Waals surface area contributed by atoms with Crippen molar-refractivity contribution in [3.8, 4) is 0 Å². The Hall–Kier alpha value is -2.09. The van der Waals surface area contributed by atoms with Gasteiger partial charge in [-0.15, -0.1) is 0 Å². The van der Waals surface area contributed by atoms with Gasteiger partial charge in [-0.1, -0.05) is 48.0 Å². The zero-order valence-corrected chi connectivity index (χ0v) is 9.72. The molecular formula is C15H14O2. The summed E-state index contributed by atoms with van der Waals surface area (Å²) in [5.74, 6) is -0.280. The van der Waals surface area contributed by atoms with E-state index in [1.807, 2.05) is 55.5 Å². The highest BCUT2D eigenvalue weighted by molar-refractivity contribution is 5.89. The van der Waals surface area contributed by atoms with Gasteiger partial charge in [0.2, 0.25) is 0 Å². The average molecular weight is 226 g/mol. The first-order valence-corrected chi connectivity index (χ1v) is 5.53. The van der Waals surface area contributed by atoms with E-state index in [2.05, 4.69) is 0 Å². The standard InChI is InChI=1S/C15H14O2/c1-12-6-5-9-14(10-12)15(16)17-11-13-7-3-2-4-8-13/h2-10H,11H2,1H3. The Balaban J connectivity index is 1.98. The number of benzene rings is 2. The van der Waals surface area contributed by atoms with Gasteiger partial charge in [-0.3, -0.25) is 0 Å². The minimum Gasteiger partial charge on any atom is -0.457 e. The molecule has 0 N–H and O–H groups in total. The molecule has 0 unspecified atom stereocenters. The quantitative estimate of drug-likeness (QED) is 0.750. The highest BCUT2D eigenvalue weighted by Gasteiger charge is 2.06. The summed E-state index contributed by atoms with van der Waals surface area (Å²) in [6, 6.07) is 17.1. The van der Waals surface area contributed by atoms with Crippen LogP contribution in [-0.2, 0) is 11.3 Å². The molecule has 0 amide bonds. The SMILES string of the molecule is Cc1cccc(C(=O)OCc2ccccc2)c1. The number of hydrogen-bond acceptors (Lipinski definition) is 2. The number of aryl methyl sites for hydroxylation is 1. The van der Waals surface area contributed by atoms with Crippen molar-refractivity contribution >= 4 is 5.97 Å². The number of esters is 1. The molecule has 0 fully saturated rings. The molecular weight excluding hydrogens is 212 g/mol. The molecule has 2 aromatic carbocycles. The van der Waals surface area contributed by atoms with Crippen LogP contribution in [0.2, 0.25) is 0 Å². The summed E-state index contributed by atoms with van der Waals surface area (Å²) in [7, 11) is 0. The zero-order valence-electron chi connectivity index (χ0n) is 9.72. The Morgan fingerprint density at radius 3 is 2.53 bits per heavy atom. The molecule has 0 spiro atoms. The predicted octanol–water partition coefficient (Wildman–Crippen LogP) is 3.35. The summed E-state index contributed by atoms with van der Waals surface area (Å²) in [5.41, 5.74) is 2.65. The van der Waals surface area contributed by atoms with E-state index in [1.165, 1.54) is 0 Å². The second kappa shape index (κ2) is 5.30. The lowest BCUT2D eigenvalue weighted by Crippen LogP contribution is -2.05. The van der Waals surface area contributed by atoms with Crippen LogP contribution in [-0.4, -0.2) is 5.97 Å².